The summed E-state index contributed by atoms with van der Waals surface area (Å²) in [6.45, 7) is 1.28. The van der Waals surface area contributed by atoms with Gasteiger partial charge in [-0.15, -0.1) is 0 Å². The summed E-state index contributed by atoms with van der Waals surface area (Å²) in [4.78, 5) is 26.3. The van der Waals surface area contributed by atoms with Gasteiger partial charge in [0.15, 0.2) is 0 Å². The van der Waals surface area contributed by atoms with E-state index < -0.39 is 0 Å². The molecule has 0 radical (unpaired) electrons. The minimum absolute atomic E-state index is 0.0130. The summed E-state index contributed by atoms with van der Waals surface area (Å²) in [6, 6.07) is 16.0. The number of carbonyl (C=O) groups excluding carboxylic acids is 2. The number of benzene rings is 2. The Hall–Kier alpha value is -2.53. The number of urea groups is 1. The summed E-state index contributed by atoms with van der Waals surface area (Å²) in [5, 5.41) is 6.49. The second kappa shape index (κ2) is 8.23. The fourth-order valence-electron chi connectivity index (χ4n) is 3.96. The van der Waals surface area contributed by atoms with E-state index in [1.54, 1.807) is 4.90 Å². The van der Waals surface area contributed by atoms with Gasteiger partial charge in [-0.3, -0.25) is 4.79 Å². The zero-order chi connectivity index (χ0) is 19.5. The quantitative estimate of drug-likeness (QED) is 0.829. The van der Waals surface area contributed by atoms with Gasteiger partial charge in [-0.05, 0) is 54.0 Å². The fourth-order valence-corrected chi connectivity index (χ4v) is 4.08. The maximum atomic E-state index is 12.4. The number of nitrogens with zero attached hydrogens (tertiary/aromatic N) is 1. The second-order valence-electron chi connectivity index (χ2n) is 7.58. The largest absolute Gasteiger partial charge is 0.352 e. The number of rotatable bonds is 4. The van der Waals surface area contributed by atoms with Crippen molar-refractivity contribution in [1.29, 1.82) is 0 Å². The van der Waals surface area contributed by atoms with Crippen LogP contribution in [0.25, 0.3) is 0 Å². The molecule has 2 aromatic carbocycles. The molecule has 0 aromatic heterocycles. The molecule has 4 rings (SSSR count). The Balaban J connectivity index is 1.18. The molecule has 3 amide bonds. The lowest BCUT2D eigenvalue weighted by molar-refractivity contribution is -0.121. The number of hydrogen-bond acceptors (Lipinski definition) is 2. The molecule has 6 heteroatoms. The Morgan fingerprint density at radius 3 is 2.50 bits per heavy atom. The Bertz CT molecular complexity index is 862. The summed E-state index contributed by atoms with van der Waals surface area (Å²) < 4.78 is 0. The van der Waals surface area contributed by atoms with Crippen LogP contribution >= 0.6 is 11.6 Å². The SMILES string of the molecule is O=C(CNC(=O)N1CCc2ccccc2C1)NC1CC(c2ccc(Cl)cc2)C1. The molecule has 2 aliphatic rings. The third-order valence-corrected chi connectivity index (χ3v) is 5.91. The number of fused-ring (bicyclic) bond motifs is 1. The van der Waals surface area contributed by atoms with Crippen molar-refractivity contribution >= 4 is 23.5 Å². The topological polar surface area (TPSA) is 61.4 Å². The van der Waals surface area contributed by atoms with Gasteiger partial charge < -0.3 is 15.5 Å². The Morgan fingerprint density at radius 2 is 1.75 bits per heavy atom. The Kier molecular flexibility index (Phi) is 5.53. The van der Waals surface area contributed by atoms with E-state index in [0.717, 1.165) is 24.3 Å². The van der Waals surface area contributed by atoms with Gasteiger partial charge in [-0.25, -0.2) is 4.79 Å². The Labute approximate surface area is 170 Å². The van der Waals surface area contributed by atoms with E-state index in [2.05, 4.69) is 22.8 Å². The van der Waals surface area contributed by atoms with Crippen LogP contribution in [0.2, 0.25) is 5.02 Å². The van der Waals surface area contributed by atoms with Crippen molar-refractivity contribution in [2.45, 2.75) is 37.8 Å². The zero-order valence-electron chi connectivity index (χ0n) is 15.7. The van der Waals surface area contributed by atoms with Crippen molar-refractivity contribution in [3.63, 3.8) is 0 Å². The monoisotopic (exact) mass is 397 g/mol. The van der Waals surface area contributed by atoms with Crippen molar-refractivity contribution in [2.24, 2.45) is 0 Å². The first kappa shape index (κ1) is 18.8. The van der Waals surface area contributed by atoms with Crippen molar-refractivity contribution in [2.75, 3.05) is 13.1 Å². The van der Waals surface area contributed by atoms with Gasteiger partial charge in [0.25, 0.3) is 0 Å². The van der Waals surface area contributed by atoms with Gasteiger partial charge in [0.05, 0.1) is 6.54 Å². The molecule has 1 saturated carbocycles. The first-order chi connectivity index (χ1) is 13.6. The molecule has 1 aliphatic heterocycles. The van der Waals surface area contributed by atoms with Crippen LogP contribution in [-0.2, 0) is 17.8 Å². The molecule has 146 valence electrons. The van der Waals surface area contributed by atoms with E-state index >= 15 is 0 Å². The van der Waals surface area contributed by atoms with Crippen LogP contribution in [0, 0.1) is 0 Å². The highest BCUT2D eigenvalue weighted by atomic mass is 35.5. The molecule has 0 bridgehead atoms. The number of amides is 3. The van der Waals surface area contributed by atoms with E-state index in [1.165, 1.54) is 16.7 Å². The predicted octanol–water partition coefficient (Wildman–Crippen LogP) is 3.47. The Morgan fingerprint density at radius 1 is 1.04 bits per heavy atom. The second-order valence-corrected chi connectivity index (χ2v) is 8.02. The van der Waals surface area contributed by atoms with Gasteiger partial charge in [0.1, 0.15) is 0 Å². The smallest absolute Gasteiger partial charge is 0.318 e. The molecule has 0 atom stereocenters. The van der Waals surface area contributed by atoms with Crippen LogP contribution < -0.4 is 10.6 Å². The van der Waals surface area contributed by atoms with Crippen LogP contribution in [-0.4, -0.2) is 36.0 Å². The lowest BCUT2D eigenvalue weighted by Gasteiger charge is -2.36. The molecule has 0 unspecified atom stereocenters. The van der Waals surface area contributed by atoms with Crippen LogP contribution in [0.15, 0.2) is 48.5 Å². The number of halogens is 1. The van der Waals surface area contributed by atoms with Crippen molar-refractivity contribution < 1.29 is 9.59 Å². The van der Waals surface area contributed by atoms with Crippen molar-refractivity contribution in [3.8, 4) is 0 Å². The molecular formula is C22H24ClN3O2. The highest BCUT2D eigenvalue weighted by molar-refractivity contribution is 6.30. The normalized spacial score (nSPS) is 20.7. The molecule has 28 heavy (non-hydrogen) atoms. The van der Waals surface area contributed by atoms with E-state index in [1.807, 2.05) is 36.4 Å². The van der Waals surface area contributed by atoms with E-state index in [-0.39, 0.29) is 24.5 Å². The molecule has 0 saturated heterocycles. The summed E-state index contributed by atoms with van der Waals surface area (Å²) in [5.74, 6) is 0.330. The number of nitrogens with one attached hydrogen (secondary N) is 2. The van der Waals surface area contributed by atoms with Crippen LogP contribution in [0.4, 0.5) is 4.79 Å². The third kappa shape index (κ3) is 4.30. The van der Waals surface area contributed by atoms with E-state index in [4.69, 9.17) is 11.6 Å². The molecule has 5 nitrogen and oxygen atoms in total. The number of carbonyl (C=O) groups is 2. The first-order valence-corrected chi connectivity index (χ1v) is 10.1. The average molecular weight is 398 g/mol. The van der Waals surface area contributed by atoms with Crippen LogP contribution in [0.1, 0.15) is 35.4 Å². The molecule has 1 heterocycles. The van der Waals surface area contributed by atoms with Gasteiger partial charge in [0, 0.05) is 24.2 Å². The van der Waals surface area contributed by atoms with Gasteiger partial charge >= 0.3 is 6.03 Å². The summed E-state index contributed by atoms with van der Waals surface area (Å²) >= 11 is 5.92. The van der Waals surface area contributed by atoms with E-state index in [9.17, 15) is 9.59 Å². The predicted molar refractivity (Wildman–Crippen MR) is 109 cm³/mol. The zero-order valence-corrected chi connectivity index (χ0v) is 16.4. The van der Waals surface area contributed by atoms with Crippen molar-refractivity contribution in [1.82, 2.24) is 15.5 Å². The van der Waals surface area contributed by atoms with E-state index in [0.29, 0.717) is 19.0 Å². The average Bonchev–Trinajstić information content (AvgIpc) is 2.69. The highest BCUT2D eigenvalue weighted by Gasteiger charge is 2.31. The molecule has 1 fully saturated rings. The maximum absolute atomic E-state index is 12.4. The van der Waals surface area contributed by atoms with Crippen LogP contribution in [0.3, 0.4) is 0 Å². The molecular weight excluding hydrogens is 374 g/mol. The molecule has 1 aliphatic carbocycles. The highest BCUT2D eigenvalue weighted by Crippen LogP contribution is 2.37. The summed E-state index contributed by atoms with van der Waals surface area (Å²) in [7, 11) is 0. The standard InChI is InChI=1S/C22H24ClN3O2/c23-19-7-5-16(6-8-19)18-11-20(12-18)25-21(27)13-24-22(28)26-10-9-15-3-1-2-4-17(15)14-26/h1-8,18,20H,9-14H2,(H,24,28)(H,25,27). The third-order valence-electron chi connectivity index (χ3n) is 5.66. The maximum Gasteiger partial charge on any atom is 0.318 e. The molecule has 2 N–H and O–H groups in total. The van der Waals surface area contributed by atoms with Gasteiger partial charge in [-0.1, -0.05) is 48.0 Å². The van der Waals surface area contributed by atoms with Gasteiger partial charge in [0.2, 0.25) is 5.91 Å². The molecule has 0 spiro atoms. The fraction of sp³-hybridized carbons (Fsp3) is 0.364. The minimum Gasteiger partial charge on any atom is -0.352 e. The van der Waals surface area contributed by atoms with Crippen molar-refractivity contribution in [3.05, 3.63) is 70.2 Å². The first-order valence-electron chi connectivity index (χ1n) is 9.73. The lowest BCUT2D eigenvalue weighted by Crippen LogP contribution is -2.49. The minimum atomic E-state index is -0.183. The lowest BCUT2D eigenvalue weighted by atomic mass is 9.76. The van der Waals surface area contributed by atoms with Gasteiger partial charge in [-0.2, -0.15) is 0 Å². The summed E-state index contributed by atoms with van der Waals surface area (Å²) in [5.41, 5.74) is 3.73. The summed E-state index contributed by atoms with van der Waals surface area (Å²) in [6.07, 6.45) is 2.69. The number of hydrogen-bond donors (Lipinski definition) is 2. The molecule has 2 aromatic rings. The van der Waals surface area contributed by atoms with Crippen LogP contribution in [0.5, 0.6) is 0 Å².